The second kappa shape index (κ2) is 7.84. The Kier molecular flexibility index (Phi) is 5.53. The Labute approximate surface area is 153 Å². The van der Waals surface area contributed by atoms with Crippen molar-refractivity contribution in [3.05, 3.63) is 48.8 Å². The van der Waals surface area contributed by atoms with E-state index in [9.17, 15) is 13.2 Å². The zero-order valence-corrected chi connectivity index (χ0v) is 15.3. The monoisotopic (exact) mass is 375 g/mol. The molecule has 8 heteroatoms. The average Bonchev–Trinajstić information content (AvgIpc) is 3.03. The number of aromatic nitrogens is 1. The van der Waals surface area contributed by atoms with E-state index in [1.807, 2.05) is 31.2 Å². The maximum Gasteiger partial charge on any atom is 0.242 e. The molecule has 138 valence electrons. The molecule has 1 aliphatic rings. The average molecular weight is 375 g/mol. The summed E-state index contributed by atoms with van der Waals surface area (Å²) in [5.41, 5.74) is 0.788. The number of hydrogen-bond donors (Lipinski definition) is 1. The van der Waals surface area contributed by atoms with E-state index in [1.54, 1.807) is 11.0 Å². The molecule has 1 aliphatic heterocycles. The number of pyridine rings is 1. The van der Waals surface area contributed by atoms with Gasteiger partial charge in [-0.25, -0.2) is 13.1 Å². The molecule has 1 N–H and O–H groups in total. The number of amides is 1. The summed E-state index contributed by atoms with van der Waals surface area (Å²) >= 11 is 0. The quantitative estimate of drug-likeness (QED) is 0.797. The van der Waals surface area contributed by atoms with E-state index >= 15 is 0 Å². The van der Waals surface area contributed by atoms with Crippen molar-refractivity contribution in [2.24, 2.45) is 5.92 Å². The number of nitrogens with one attached hydrogen (secondary N) is 1. The zero-order valence-electron chi connectivity index (χ0n) is 14.5. The Morgan fingerprint density at radius 1 is 1.27 bits per heavy atom. The van der Waals surface area contributed by atoms with Gasteiger partial charge in [-0.1, -0.05) is 0 Å². The topological polar surface area (TPSA) is 88.6 Å². The van der Waals surface area contributed by atoms with Crippen molar-refractivity contribution >= 4 is 21.6 Å². The molecule has 0 radical (unpaired) electrons. The summed E-state index contributed by atoms with van der Waals surface area (Å²) in [6, 6.07) is 10.4. The molecule has 26 heavy (non-hydrogen) atoms. The summed E-state index contributed by atoms with van der Waals surface area (Å²) in [6.07, 6.45) is 3.13. The van der Waals surface area contributed by atoms with Gasteiger partial charge in [-0.05, 0) is 49.2 Å². The molecule has 1 aromatic heterocycles. The minimum atomic E-state index is -3.62. The van der Waals surface area contributed by atoms with Crippen molar-refractivity contribution in [3.8, 4) is 5.75 Å². The van der Waals surface area contributed by atoms with Crippen molar-refractivity contribution in [2.75, 3.05) is 24.6 Å². The van der Waals surface area contributed by atoms with Crippen LogP contribution < -0.4 is 14.4 Å². The molecule has 0 spiro atoms. The molecule has 1 unspecified atom stereocenters. The normalized spacial score (nSPS) is 17.5. The molecule has 0 aliphatic carbocycles. The Morgan fingerprint density at radius 2 is 2.04 bits per heavy atom. The molecule has 0 bridgehead atoms. The highest BCUT2D eigenvalue weighted by atomic mass is 32.2. The van der Waals surface area contributed by atoms with Gasteiger partial charge in [-0.2, -0.15) is 0 Å². The highest BCUT2D eigenvalue weighted by Crippen LogP contribution is 2.26. The first-order valence-corrected chi connectivity index (χ1v) is 9.91. The van der Waals surface area contributed by atoms with Crippen LogP contribution in [-0.2, 0) is 14.8 Å². The van der Waals surface area contributed by atoms with Crippen molar-refractivity contribution in [1.82, 2.24) is 9.71 Å². The molecule has 0 saturated carbocycles. The van der Waals surface area contributed by atoms with Gasteiger partial charge < -0.3 is 9.64 Å². The van der Waals surface area contributed by atoms with Crippen LogP contribution >= 0.6 is 0 Å². The van der Waals surface area contributed by atoms with E-state index in [1.165, 1.54) is 18.5 Å². The Morgan fingerprint density at radius 3 is 2.69 bits per heavy atom. The third kappa shape index (κ3) is 4.20. The highest BCUT2D eigenvalue weighted by Gasteiger charge is 2.31. The maximum absolute atomic E-state index is 12.3. The van der Waals surface area contributed by atoms with E-state index in [-0.39, 0.29) is 23.3 Å². The van der Waals surface area contributed by atoms with E-state index in [0.29, 0.717) is 19.6 Å². The van der Waals surface area contributed by atoms with E-state index in [4.69, 9.17) is 4.74 Å². The molecular weight excluding hydrogens is 354 g/mol. The second-order valence-electron chi connectivity index (χ2n) is 6.04. The van der Waals surface area contributed by atoms with Crippen molar-refractivity contribution < 1.29 is 17.9 Å². The predicted molar refractivity (Wildman–Crippen MR) is 97.5 cm³/mol. The summed E-state index contributed by atoms with van der Waals surface area (Å²) in [6.45, 7) is 3.18. The van der Waals surface area contributed by atoms with Crippen molar-refractivity contribution in [1.29, 1.82) is 0 Å². The predicted octanol–water partition coefficient (Wildman–Crippen LogP) is 1.81. The summed E-state index contributed by atoms with van der Waals surface area (Å²) in [4.78, 5) is 17.9. The molecule has 1 fully saturated rings. The van der Waals surface area contributed by atoms with Crippen LogP contribution in [0.4, 0.5) is 5.69 Å². The number of anilines is 1. The summed E-state index contributed by atoms with van der Waals surface area (Å²) < 4.78 is 32.5. The van der Waals surface area contributed by atoms with Gasteiger partial charge in [-0.15, -0.1) is 0 Å². The van der Waals surface area contributed by atoms with Crippen LogP contribution in [0.15, 0.2) is 53.7 Å². The van der Waals surface area contributed by atoms with E-state index < -0.39 is 10.0 Å². The number of hydrogen-bond acceptors (Lipinski definition) is 5. The first-order valence-electron chi connectivity index (χ1n) is 8.42. The molecule has 1 aromatic carbocycles. The zero-order chi connectivity index (χ0) is 18.6. The third-order valence-electron chi connectivity index (χ3n) is 4.17. The van der Waals surface area contributed by atoms with Gasteiger partial charge in [-0.3, -0.25) is 9.78 Å². The number of ether oxygens (including phenoxy) is 1. The van der Waals surface area contributed by atoms with Gasteiger partial charge >= 0.3 is 0 Å². The molecule has 7 nitrogen and oxygen atoms in total. The Hall–Kier alpha value is -2.45. The standard InChI is InChI=1S/C18H21N3O4S/c1-2-25-16-7-5-15(6-8-16)21-13-14(10-18(21)22)11-20-26(23,24)17-4-3-9-19-12-17/h3-9,12,14,20H,2,10-11,13H2,1H3. The van der Waals surface area contributed by atoms with Crippen LogP contribution in [0.1, 0.15) is 13.3 Å². The SMILES string of the molecule is CCOc1ccc(N2CC(CNS(=O)(=O)c3cccnc3)CC2=O)cc1. The minimum Gasteiger partial charge on any atom is -0.494 e. The molecule has 1 atom stereocenters. The lowest BCUT2D eigenvalue weighted by molar-refractivity contribution is -0.117. The number of carbonyl (C=O) groups is 1. The fourth-order valence-corrected chi connectivity index (χ4v) is 3.95. The van der Waals surface area contributed by atoms with Gasteiger partial charge in [0.15, 0.2) is 0 Å². The maximum atomic E-state index is 12.3. The summed E-state index contributed by atoms with van der Waals surface area (Å²) in [5, 5.41) is 0. The van der Waals surface area contributed by atoms with Crippen LogP contribution in [0.25, 0.3) is 0 Å². The van der Waals surface area contributed by atoms with Crippen LogP contribution in [-0.4, -0.2) is 39.0 Å². The molecule has 2 aromatic rings. The molecular formula is C18H21N3O4S. The fraction of sp³-hybridized carbons (Fsp3) is 0.333. The van der Waals surface area contributed by atoms with Crippen LogP contribution in [0.5, 0.6) is 5.75 Å². The number of benzene rings is 1. The number of sulfonamides is 1. The first kappa shape index (κ1) is 18.3. The van der Waals surface area contributed by atoms with Crippen LogP contribution in [0.2, 0.25) is 0 Å². The fourth-order valence-electron chi connectivity index (χ4n) is 2.87. The van der Waals surface area contributed by atoms with Crippen molar-refractivity contribution in [2.45, 2.75) is 18.2 Å². The minimum absolute atomic E-state index is 0.0141. The smallest absolute Gasteiger partial charge is 0.242 e. The van der Waals surface area contributed by atoms with Gasteiger partial charge in [0.25, 0.3) is 0 Å². The lowest BCUT2D eigenvalue weighted by Gasteiger charge is -2.17. The lowest BCUT2D eigenvalue weighted by atomic mass is 10.1. The van der Waals surface area contributed by atoms with Gasteiger partial charge in [0.2, 0.25) is 15.9 Å². The van der Waals surface area contributed by atoms with Crippen molar-refractivity contribution in [3.63, 3.8) is 0 Å². The largest absolute Gasteiger partial charge is 0.494 e. The highest BCUT2D eigenvalue weighted by molar-refractivity contribution is 7.89. The molecule has 3 rings (SSSR count). The Balaban J connectivity index is 1.61. The van der Waals surface area contributed by atoms with Gasteiger partial charge in [0.1, 0.15) is 10.6 Å². The molecule has 2 heterocycles. The first-order chi connectivity index (χ1) is 12.5. The van der Waals surface area contributed by atoms with Crippen LogP contribution in [0.3, 0.4) is 0 Å². The van der Waals surface area contributed by atoms with Gasteiger partial charge in [0, 0.05) is 37.6 Å². The number of carbonyl (C=O) groups excluding carboxylic acids is 1. The number of nitrogens with zero attached hydrogens (tertiary/aromatic N) is 2. The Bertz CT molecular complexity index is 854. The van der Waals surface area contributed by atoms with E-state index in [2.05, 4.69) is 9.71 Å². The molecule has 1 amide bonds. The van der Waals surface area contributed by atoms with Gasteiger partial charge in [0.05, 0.1) is 6.61 Å². The number of rotatable bonds is 7. The lowest BCUT2D eigenvalue weighted by Crippen LogP contribution is -2.31. The van der Waals surface area contributed by atoms with E-state index in [0.717, 1.165) is 11.4 Å². The third-order valence-corrected chi connectivity index (χ3v) is 5.58. The van der Waals surface area contributed by atoms with Crippen LogP contribution in [0, 0.1) is 5.92 Å². The molecule has 1 saturated heterocycles. The second-order valence-corrected chi connectivity index (χ2v) is 7.81. The summed E-state index contributed by atoms with van der Waals surface area (Å²) in [5.74, 6) is 0.656. The summed E-state index contributed by atoms with van der Waals surface area (Å²) in [7, 11) is -3.62.